The molecule has 0 spiro atoms. The number of nitrogens with one attached hydrogen (secondary N) is 1. The Morgan fingerprint density at radius 1 is 0.750 bits per heavy atom. The highest BCUT2D eigenvalue weighted by Crippen LogP contribution is 2.52. The van der Waals surface area contributed by atoms with Gasteiger partial charge < -0.3 is 10.1 Å². The highest BCUT2D eigenvalue weighted by Gasteiger charge is 2.39. The van der Waals surface area contributed by atoms with E-state index in [1.165, 1.54) is 51.6 Å². The van der Waals surface area contributed by atoms with Crippen molar-refractivity contribution < 1.29 is 4.74 Å². The van der Waals surface area contributed by atoms with Gasteiger partial charge in [-0.05, 0) is 88.5 Å². The van der Waals surface area contributed by atoms with Crippen molar-refractivity contribution in [3.05, 3.63) is 113 Å². The standard InChI is InChI=1S/C30H25NO/c1-2-7-21(8-3-1)32-22-15-17-28-27(18-22)23-9-5-11-25(23)30(31-28)26-16-14-20-13-12-19-6-4-10-24(26)29(19)20/h1-10,14-18,23,25,30-31H,11-13H2/t23-,25+,30-/m1/s1. The molecular formula is C30H25NO. The topological polar surface area (TPSA) is 21.3 Å². The number of aryl methyl sites for hydroxylation is 2. The van der Waals surface area contributed by atoms with E-state index >= 15 is 0 Å². The van der Waals surface area contributed by atoms with Gasteiger partial charge in [-0.25, -0.2) is 0 Å². The zero-order valence-electron chi connectivity index (χ0n) is 17.9. The maximum atomic E-state index is 6.14. The molecule has 7 rings (SSSR count). The zero-order valence-corrected chi connectivity index (χ0v) is 17.9. The Kier molecular flexibility index (Phi) is 3.96. The summed E-state index contributed by atoms with van der Waals surface area (Å²) in [5, 5.41) is 6.88. The van der Waals surface area contributed by atoms with Crippen LogP contribution in [0, 0.1) is 5.92 Å². The van der Waals surface area contributed by atoms with E-state index in [1.807, 2.05) is 30.3 Å². The predicted molar refractivity (Wildman–Crippen MR) is 131 cm³/mol. The van der Waals surface area contributed by atoms with Gasteiger partial charge in [0.15, 0.2) is 0 Å². The van der Waals surface area contributed by atoms with Crippen LogP contribution in [0.15, 0.2) is 91.0 Å². The van der Waals surface area contributed by atoms with Crippen LogP contribution in [0.4, 0.5) is 5.69 Å². The molecule has 4 aromatic rings. The van der Waals surface area contributed by atoms with E-state index in [2.05, 4.69) is 66.0 Å². The lowest BCUT2D eigenvalue weighted by Gasteiger charge is -2.38. The zero-order chi connectivity index (χ0) is 21.1. The Labute approximate surface area is 188 Å². The second kappa shape index (κ2) is 7.00. The van der Waals surface area contributed by atoms with Crippen molar-refractivity contribution in [2.75, 3.05) is 5.32 Å². The van der Waals surface area contributed by atoms with Crippen LogP contribution in [0.25, 0.3) is 10.8 Å². The summed E-state index contributed by atoms with van der Waals surface area (Å²) in [7, 11) is 0. The van der Waals surface area contributed by atoms with E-state index < -0.39 is 0 Å². The molecule has 2 nitrogen and oxygen atoms in total. The van der Waals surface area contributed by atoms with Crippen molar-refractivity contribution in [3.63, 3.8) is 0 Å². The number of anilines is 1. The third-order valence-corrected chi connectivity index (χ3v) is 7.56. The van der Waals surface area contributed by atoms with Gasteiger partial charge >= 0.3 is 0 Å². The lowest BCUT2D eigenvalue weighted by atomic mass is 9.76. The van der Waals surface area contributed by atoms with E-state index in [0.29, 0.717) is 17.9 Å². The molecule has 156 valence electrons. The van der Waals surface area contributed by atoms with Gasteiger partial charge in [-0.2, -0.15) is 0 Å². The predicted octanol–water partition coefficient (Wildman–Crippen LogP) is 7.56. The number of para-hydroxylation sites is 1. The monoisotopic (exact) mass is 415 g/mol. The van der Waals surface area contributed by atoms with Crippen LogP contribution in [0.2, 0.25) is 0 Å². The number of rotatable bonds is 3. The smallest absolute Gasteiger partial charge is 0.127 e. The minimum absolute atomic E-state index is 0.313. The first-order chi connectivity index (χ1) is 15.8. The Hall–Kier alpha value is -3.52. The van der Waals surface area contributed by atoms with E-state index in [-0.39, 0.29) is 0 Å². The molecule has 0 aromatic heterocycles. The maximum absolute atomic E-state index is 6.14. The molecule has 0 unspecified atom stereocenters. The van der Waals surface area contributed by atoms with Gasteiger partial charge in [0.05, 0.1) is 6.04 Å². The summed E-state index contributed by atoms with van der Waals surface area (Å²) in [4.78, 5) is 0. The molecule has 0 saturated carbocycles. The summed E-state index contributed by atoms with van der Waals surface area (Å²) >= 11 is 0. The van der Waals surface area contributed by atoms with Gasteiger partial charge in [0.1, 0.15) is 11.5 Å². The lowest BCUT2D eigenvalue weighted by Crippen LogP contribution is -2.29. The molecule has 32 heavy (non-hydrogen) atoms. The maximum Gasteiger partial charge on any atom is 0.127 e. The summed E-state index contributed by atoms with van der Waals surface area (Å²) in [6.45, 7) is 0. The van der Waals surface area contributed by atoms with Crippen LogP contribution in [-0.4, -0.2) is 0 Å². The molecule has 0 saturated heterocycles. The molecule has 1 aliphatic heterocycles. The van der Waals surface area contributed by atoms with Crippen molar-refractivity contribution in [2.24, 2.45) is 5.92 Å². The summed E-state index contributed by atoms with van der Waals surface area (Å²) < 4.78 is 6.14. The summed E-state index contributed by atoms with van der Waals surface area (Å²) in [5.41, 5.74) is 7.05. The molecule has 0 bridgehead atoms. The molecule has 4 aromatic carbocycles. The Balaban J connectivity index is 1.30. The van der Waals surface area contributed by atoms with Crippen LogP contribution in [-0.2, 0) is 12.8 Å². The van der Waals surface area contributed by atoms with Crippen molar-refractivity contribution in [1.29, 1.82) is 0 Å². The average Bonchev–Trinajstić information content (AvgIpc) is 3.49. The first kappa shape index (κ1) is 18.1. The van der Waals surface area contributed by atoms with E-state index in [4.69, 9.17) is 4.74 Å². The van der Waals surface area contributed by atoms with Crippen LogP contribution < -0.4 is 10.1 Å². The minimum Gasteiger partial charge on any atom is -0.457 e. The normalized spacial score (nSPS) is 22.4. The number of hydrogen-bond donors (Lipinski definition) is 1. The van der Waals surface area contributed by atoms with Crippen LogP contribution in [0.3, 0.4) is 0 Å². The highest BCUT2D eigenvalue weighted by atomic mass is 16.5. The molecule has 3 aliphatic rings. The largest absolute Gasteiger partial charge is 0.457 e. The van der Waals surface area contributed by atoms with Gasteiger partial charge in [0.2, 0.25) is 0 Å². The number of benzene rings is 4. The van der Waals surface area contributed by atoms with Gasteiger partial charge in [0, 0.05) is 11.6 Å². The third kappa shape index (κ3) is 2.72. The quantitative estimate of drug-likeness (QED) is 0.349. The van der Waals surface area contributed by atoms with Crippen LogP contribution in [0.5, 0.6) is 11.5 Å². The fourth-order valence-corrected chi connectivity index (χ4v) is 6.11. The number of fused-ring (bicyclic) bond motifs is 3. The van der Waals surface area contributed by atoms with Crippen molar-refractivity contribution in [1.82, 2.24) is 0 Å². The van der Waals surface area contributed by atoms with E-state index in [0.717, 1.165) is 17.9 Å². The number of ether oxygens (including phenoxy) is 1. The summed E-state index contributed by atoms with van der Waals surface area (Å²) in [5.74, 6) is 2.71. The van der Waals surface area contributed by atoms with Crippen molar-refractivity contribution in [2.45, 2.75) is 31.2 Å². The molecule has 1 heterocycles. The first-order valence-corrected chi connectivity index (χ1v) is 11.7. The van der Waals surface area contributed by atoms with Crippen molar-refractivity contribution in [3.8, 4) is 11.5 Å². The molecule has 2 aliphatic carbocycles. The first-order valence-electron chi connectivity index (χ1n) is 11.7. The third-order valence-electron chi connectivity index (χ3n) is 7.56. The van der Waals surface area contributed by atoms with Crippen LogP contribution >= 0.6 is 0 Å². The Morgan fingerprint density at radius 3 is 2.53 bits per heavy atom. The highest BCUT2D eigenvalue weighted by molar-refractivity contribution is 5.94. The molecule has 2 heteroatoms. The second-order valence-corrected chi connectivity index (χ2v) is 9.29. The molecular weight excluding hydrogens is 390 g/mol. The molecule has 0 radical (unpaired) electrons. The van der Waals surface area contributed by atoms with Crippen molar-refractivity contribution >= 4 is 16.5 Å². The van der Waals surface area contributed by atoms with Gasteiger partial charge in [-0.1, -0.05) is 60.7 Å². The SMILES string of the molecule is C1=C[C@H]2c3cc(Oc4ccccc4)ccc3N[C@@H](c3ccc4c5c(cccc35)CC4)[C@H]2C1. The van der Waals surface area contributed by atoms with E-state index in [1.54, 1.807) is 0 Å². The van der Waals surface area contributed by atoms with Gasteiger partial charge in [-0.15, -0.1) is 0 Å². The Bertz CT molecular complexity index is 1360. The van der Waals surface area contributed by atoms with Crippen LogP contribution in [0.1, 0.15) is 40.6 Å². The summed E-state index contributed by atoms with van der Waals surface area (Å²) in [6.07, 6.45) is 8.23. The number of allylic oxidation sites excluding steroid dienone is 2. The fourth-order valence-electron chi connectivity index (χ4n) is 6.11. The summed E-state index contributed by atoms with van der Waals surface area (Å²) in [6, 6.07) is 28.5. The molecule has 1 N–H and O–H groups in total. The minimum atomic E-state index is 0.313. The molecule has 0 amide bonds. The second-order valence-electron chi connectivity index (χ2n) is 9.29. The molecule has 0 fully saturated rings. The molecule has 3 atom stereocenters. The average molecular weight is 416 g/mol. The number of hydrogen-bond acceptors (Lipinski definition) is 2. The van der Waals surface area contributed by atoms with Gasteiger partial charge in [-0.3, -0.25) is 0 Å². The Morgan fingerprint density at radius 2 is 1.62 bits per heavy atom. The van der Waals surface area contributed by atoms with Gasteiger partial charge in [0.25, 0.3) is 0 Å². The fraction of sp³-hybridized carbons (Fsp3) is 0.200. The van der Waals surface area contributed by atoms with E-state index in [9.17, 15) is 0 Å². The lowest BCUT2D eigenvalue weighted by molar-refractivity contribution is 0.424.